The number of nitrogens with two attached hydrogens (primary N) is 2. The molecule has 0 saturated heterocycles. The van der Waals surface area contributed by atoms with Crippen LogP contribution in [-0.4, -0.2) is 0 Å². The Hall–Kier alpha value is -1.43. The third kappa shape index (κ3) is 2.79. The Morgan fingerprint density at radius 2 is 2.25 bits per heavy atom. The van der Waals surface area contributed by atoms with Crippen LogP contribution in [0.15, 0.2) is 24.0 Å². The van der Waals surface area contributed by atoms with Crippen molar-refractivity contribution >= 4 is 0 Å². The Morgan fingerprint density at radius 1 is 1.62 bits per heavy atom. The highest BCUT2D eigenvalue weighted by atomic mass is 14.6. The van der Waals surface area contributed by atoms with E-state index in [1.54, 1.807) is 6.07 Å². The Bertz CT molecular complexity index is 150. The van der Waals surface area contributed by atoms with Gasteiger partial charge in [0, 0.05) is 0 Å². The van der Waals surface area contributed by atoms with Crippen LogP contribution in [0.25, 0.3) is 0 Å². The summed E-state index contributed by atoms with van der Waals surface area (Å²) in [6, 6.07) is 1.73. The van der Waals surface area contributed by atoms with Crippen molar-refractivity contribution in [1.82, 2.24) is 0 Å². The van der Waals surface area contributed by atoms with E-state index in [0.29, 0.717) is 0 Å². The van der Waals surface area contributed by atoms with E-state index in [1.807, 2.05) is 0 Å². The smallest absolute Gasteiger partial charge is 0.117 e. The molecule has 8 heavy (non-hydrogen) atoms. The van der Waals surface area contributed by atoms with Crippen molar-refractivity contribution in [3.05, 3.63) is 24.0 Å². The zero-order valence-corrected chi connectivity index (χ0v) is 4.33. The van der Waals surface area contributed by atoms with Gasteiger partial charge >= 0.3 is 0 Å². The number of nitriles is 1. The molecular weight excluding hydrogens is 102 g/mol. The van der Waals surface area contributed by atoms with Gasteiger partial charge in [0.1, 0.15) is 11.8 Å². The molecule has 0 aliphatic carbocycles. The first-order valence-electron chi connectivity index (χ1n) is 2.05. The lowest BCUT2D eigenvalue weighted by Gasteiger charge is -1.76. The highest BCUT2D eigenvalue weighted by molar-refractivity contribution is 5.21. The van der Waals surface area contributed by atoms with Crippen LogP contribution < -0.4 is 11.5 Å². The first kappa shape index (κ1) is 6.57. The lowest BCUT2D eigenvalue weighted by atomic mass is 10.4. The average molecular weight is 109 g/mol. The summed E-state index contributed by atoms with van der Waals surface area (Å²) in [5.41, 5.74) is 10.2. The minimum absolute atomic E-state index is 0.159. The molecule has 0 aromatic carbocycles. The molecule has 3 nitrogen and oxygen atoms in total. The van der Waals surface area contributed by atoms with Gasteiger partial charge < -0.3 is 11.5 Å². The molecule has 0 aromatic heterocycles. The second-order valence-corrected chi connectivity index (χ2v) is 1.12. The predicted molar refractivity (Wildman–Crippen MR) is 31.2 cm³/mol. The van der Waals surface area contributed by atoms with Crippen molar-refractivity contribution in [1.29, 1.82) is 5.26 Å². The van der Waals surface area contributed by atoms with Gasteiger partial charge in [-0.15, -0.1) is 0 Å². The average Bonchev–Trinajstić information content (AvgIpc) is 1.83. The molecule has 3 heteroatoms. The maximum atomic E-state index is 8.04. The highest BCUT2D eigenvalue weighted by Gasteiger charge is 1.75. The summed E-state index contributed by atoms with van der Waals surface area (Å²) >= 11 is 0. The molecule has 4 N–H and O–H groups in total. The molecule has 0 unspecified atom stereocenters. The molecule has 0 heterocycles. The Balaban J connectivity index is 3.81. The van der Waals surface area contributed by atoms with E-state index < -0.39 is 0 Å². The lowest BCUT2D eigenvalue weighted by Crippen LogP contribution is -1.90. The molecule has 0 aromatic rings. The van der Waals surface area contributed by atoms with Gasteiger partial charge in [0.25, 0.3) is 0 Å². The number of hydrogen-bond donors (Lipinski definition) is 2. The van der Waals surface area contributed by atoms with Crippen LogP contribution in [0.5, 0.6) is 0 Å². The van der Waals surface area contributed by atoms with Gasteiger partial charge in [-0.25, -0.2) is 0 Å². The molecule has 0 saturated carbocycles. The maximum Gasteiger partial charge on any atom is 0.117 e. The number of allylic oxidation sites excluding steroid dienone is 3. The monoisotopic (exact) mass is 109 g/mol. The van der Waals surface area contributed by atoms with Gasteiger partial charge in [0.15, 0.2) is 0 Å². The summed E-state index contributed by atoms with van der Waals surface area (Å²) in [4.78, 5) is 0. The largest absolute Gasteiger partial charge is 0.405 e. The molecule has 0 amide bonds. The van der Waals surface area contributed by atoms with Gasteiger partial charge in [-0.1, -0.05) is 0 Å². The molecule has 42 valence electrons. The van der Waals surface area contributed by atoms with E-state index in [1.165, 1.54) is 18.4 Å². The molecule has 0 spiro atoms. The van der Waals surface area contributed by atoms with Crippen molar-refractivity contribution in [2.75, 3.05) is 0 Å². The first-order chi connectivity index (χ1) is 3.81. The van der Waals surface area contributed by atoms with Gasteiger partial charge in [-0.2, -0.15) is 5.26 Å². The van der Waals surface area contributed by atoms with Crippen LogP contribution in [0, 0.1) is 11.3 Å². The van der Waals surface area contributed by atoms with Gasteiger partial charge in [0.2, 0.25) is 0 Å². The van der Waals surface area contributed by atoms with E-state index in [-0.39, 0.29) is 5.70 Å². The minimum Gasteiger partial charge on any atom is -0.405 e. The maximum absolute atomic E-state index is 8.04. The Labute approximate surface area is 47.9 Å². The Kier molecular flexibility index (Phi) is 3.08. The third-order valence-corrected chi connectivity index (χ3v) is 0.516. The zero-order chi connectivity index (χ0) is 6.41. The van der Waals surface area contributed by atoms with Gasteiger partial charge in [-0.3, -0.25) is 0 Å². The van der Waals surface area contributed by atoms with Crippen molar-refractivity contribution in [2.24, 2.45) is 11.5 Å². The summed E-state index contributed by atoms with van der Waals surface area (Å²) in [6.07, 6.45) is 4.24. The molecule has 0 atom stereocenters. The van der Waals surface area contributed by atoms with E-state index in [0.717, 1.165) is 0 Å². The normalized spacial score (nSPS) is 11.6. The standard InChI is InChI=1S/C5H7N3/c6-3-1-2-5(8)4-7/h1-3H,6,8H2/b3-1-,5-2-. The zero-order valence-electron chi connectivity index (χ0n) is 4.33. The van der Waals surface area contributed by atoms with E-state index in [2.05, 4.69) is 0 Å². The van der Waals surface area contributed by atoms with Crippen molar-refractivity contribution in [3.63, 3.8) is 0 Å². The molecule has 0 aliphatic heterocycles. The molecule has 0 aliphatic rings. The lowest BCUT2D eigenvalue weighted by molar-refractivity contribution is 1.39. The fourth-order valence-electron chi connectivity index (χ4n) is 0.196. The molecular formula is C5H7N3. The summed E-state index contributed by atoms with van der Waals surface area (Å²) in [5, 5.41) is 8.04. The molecule has 0 rings (SSSR count). The summed E-state index contributed by atoms with van der Waals surface area (Å²) in [6.45, 7) is 0. The Morgan fingerprint density at radius 3 is 2.62 bits per heavy atom. The van der Waals surface area contributed by atoms with Crippen LogP contribution in [0.3, 0.4) is 0 Å². The quantitative estimate of drug-likeness (QED) is 0.362. The minimum atomic E-state index is 0.159. The van der Waals surface area contributed by atoms with Crippen LogP contribution in [0.2, 0.25) is 0 Å². The van der Waals surface area contributed by atoms with Gasteiger partial charge in [0.05, 0.1) is 0 Å². The van der Waals surface area contributed by atoms with Crippen LogP contribution in [0.1, 0.15) is 0 Å². The topological polar surface area (TPSA) is 75.8 Å². The van der Waals surface area contributed by atoms with E-state index in [9.17, 15) is 0 Å². The highest BCUT2D eigenvalue weighted by Crippen LogP contribution is 1.78. The molecule has 0 fully saturated rings. The number of rotatable bonds is 1. The summed E-state index contributed by atoms with van der Waals surface area (Å²) in [7, 11) is 0. The fraction of sp³-hybridized carbons (Fsp3) is 0. The SMILES string of the molecule is N#C/C(N)=C/C=C\N. The second kappa shape index (κ2) is 3.75. The number of hydrogen-bond acceptors (Lipinski definition) is 3. The van der Waals surface area contributed by atoms with Crippen molar-refractivity contribution < 1.29 is 0 Å². The number of nitrogens with zero attached hydrogens (tertiary/aromatic N) is 1. The molecule has 0 bridgehead atoms. The van der Waals surface area contributed by atoms with Crippen molar-refractivity contribution in [2.45, 2.75) is 0 Å². The summed E-state index contributed by atoms with van der Waals surface area (Å²) < 4.78 is 0. The third-order valence-electron chi connectivity index (χ3n) is 0.516. The van der Waals surface area contributed by atoms with Crippen molar-refractivity contribution in [3.8, 4) is 6.07 Å². The van der Waals surface area contributed by atoms with Crippen LogP contribution in [0.4, 0.5) is 0 Å². The summed E-state index contributed by atoms with van der Waals surface area (Å²) in [5.74, 6) is 0. The first-order valence-corrected chi connectivity index (χ1v) is 2.05. The van der Waals surface area contributed by atoms with E-state index in [4.69, 9.17) is 16.7 Å². The molecule has 0 radical (unpaired) electrons. The fourth-order valence-corrected chi connectivity index (χ4v) is 0.196. The van der Waals surface area contributed by atoms with E-state index >= 15 is 0 Å². The van der Waals surface area contributed by atoms with Crippen LogP contribution in [-0.2, 0) is 0 Å². The predicted octanol–water partition coefficient (Wildman–Crippen LogP) is -0.175. The van der Waals surface area contributed by atoms with Gasteiger partial charge in [-0.05, 0) is 18.4 Å². The van der Waals surface area contributed by atoms with Crippen LogP contribution >= 0.6 is 0 Å². The second-order valence-electron chi connectivity index (χ2n) is 1.12.